The summed E-state index contributed by atoms with van der Waals surface area (Å²) in [5.74, 6) is -0.0317. The fourth-order valence-electron chi connectivity index (χ4n) is 2.48. The predicted molar refractivity (Wildman–Crippen MR) is 78.6 cm³/mol. The number of hydrogen-bond acceptors (Lipinski definition) is 2. The molecule has 0 bridgehead atoms. The first-order chi connectivity index (χ1) is 10.9. The number of hydrogen-bond donors (Lipinski definition) is 1. The van der Waals surface area contributed by atoms with E-state index in [-0.39, 0.29) is 11.6 Å². The molecule has 23 heavy (non-hydrogen) atoms. The van der Waals surface area contributed by atoms with E-state index in [9.17, 15) is 18.0 Å². The van der Waals surface area contributed by atoms with Gasteiger partial charge in [-0.05, 0) is 36.5 Å². The van der Waals surface area contributed by atoms with E-state index >= 15 is 0 Å². The Balaban J connectivity index is 1.75. The summed E-state index contributed by atoms with van der Waals surface area (Å²) in [5.41, 5.74) is 0.124. The summed E-state index contributed by atoms with van der Waals surface area (Å²) in [6, 6.07) is 11.4. The maximum Gasteiger partial charge on any atom is 0.433 e. The summed E-state index contributed by atoms with van der Waals surface area (Å²) in [6.07, 6.45) is -1.47. The molecule has 1 unspecified atom stereocenters. The van der Waals surface area contributed by atoms with Crippen LogP contribution in [0, 0.1) is 5.92 Å². The minimum absolute atomic E-state index is 0.119. The van der Waals surface area contributed by atoms with Gasteiger partial charge in [0.25, 0.3) is 5.91 Å². The maximum absolute atomic E-state index is 12.5. The van der Waals surface area contributed by atoms with Crippen molar-refractivity contribution in [1.82, 2.24) is 10.3 Å². The van der Waals surface area contributed by atoms with Gasteiger partial charge in [0.15, 0.2) is 0 Å². The van der Waals surface area contributed by atoms with Crippen LogP contribution in [0.1, 0.15) is 40.5 Å². The van der Waals surface area contributed by atoms with Crippen LogP contribution >= 0.6 is 0 Å². The van der Waals surface area contributed by atoms with Gasteiger partial charge in [-0.15, -0.1) is 0 Å². The fourth-order valence-corrected chi connectivity index (χ4v) is 2.48. The van der Waals surface area contributed by atoms with Gasteiger partial charge in [-0.25, -0.2) is 0 Å². The SMILES string of the molecule is O=C(NC(c1ccccc1)C1CC1)c1ccc(C(F)(F)F)nc1. The largest absolute Gasteiger partial charge is 0.433 e. The first kappa shape index (κ1) is 15.5. The number of carbonyl (C=O) groups excluding carboxylic acids is 1. The number of aromatic nitrogens is 1. The summed E-state index contributed by atoms with van der Waals surface area (Å²) in [6.45, 7) is 0. The zero-order valence-electron chi connectivity index (χ0n) is 12.2. The number of nitrogens with zero attached hydrogens (tertiary/aromatic N) is 1. The highest BCUT2D eigenvalue weighted by Crippen LogP contribution is 2.41. The van der Waals surface area contributed by atoms with Crippen LogP contribution in [-0.4, -0.2) is 10.9 Å². The summed E-state index contributed by atoms with van der Waals surface area (Å²) >= 11 is 0. The molecular formula is C17H15F3N2O. The van der Waals surface area contributed by atoms with E-state index in [0.717, 1.165) is 36.7 Å². The zero-order chi connectivity index (χ0) is 16.4. The predicted octanol–water partition coefficient (Wildman–Crippen LogP) is 3.98. The van der Waals surface area contributed by atoms with Crippen molar-refractivity contribution in [2.45, 2.75) is 25.1 Å². The Morgan fingerprint density at radius 1 is 1.13 bits per heavy atom. The van der Waals surface area contributed by atoms with Crippen LogP contribution in [-0.2, 0) is 6.18 Å². The molecule has 1 atom stereocenters. The molecule has 1 heterocycles. The Kier molecular flexibility index (Phi) is 4.07. The van der Waals surface area contributed by atoms with E-state index in [4.69, 9.17) is 0 Å². The van der Waals surface area contributed by atoms with E-state index in [2.05, 4.69) is 10.3 Å². The van der Waals surface area contributed by atoms with Crippen molar-refractivity contribution in [3.8, 4) is 0 Å². The van der Waals surface area contributed by atoms with Crippen molar-refractivity contribution in [3.63, 3.8) is 0 Å². The molecule has 120 valence electrons. The Labute approximate surface area is 131 Å². The van der Waals surface area contributed by atoms with Gasteiger partial charge in [0.1, 0.15) is 5.69 Å². The molecule has 1 aliphatic rings. The van der Waals surface area contributed by atoms with Gasteiger partial charge >= 0.3 is 6.18 Å². The molecule has 3 nitrogen and oxygen atoms in total. The van der Waals surface area contributed by atoms with Crippen LogP contribution in [0.2, 0.25) is 0 Å². The lowest BCUT2D eigenvalue weighted by molar-refractivity contribution is -0.141. The average Bonchev–Trinajstić information content (AvgIpc) is 3.37. The van der Waals surface area contributed by atoms with E-state index < -0.39 is 17.8 Å². The summed E-state index contributed by atoms with van der Waals surface area (Å²) < 4.78 is 37.5. The van der Waals surface area contributed by atoms with Crippen LogP contribution in [0.4, 0.5) is 13.2 Å². The van der Waals surface area contributed by atoms with Crippen molar-refractivity contribution >= 4 is 5.91 Å². The Bertz CT molecular complexity index is 679. The summed E-state index contributed by atoms with van der Waals surface area (Å²) in [7, 11) is 0. The number of benzene rings is 1. The van der Waals surface area contributed by atoms with Gasteiger partial charge < -0.3 is 5.32 Å². The molecule has 1 aromatic carbocycles. The zero-order valence-corrected chi connectivity index (χ0v) is 12.2. The minimum Gasteiger partial charge on any atom is -0.345 e. The number of amides is 1. The molecule has 0 spiro atoms. The first-order valence-electron chi connectivity index (χ1n) is 7.34. The number of carbonyl (C=O) groups is 1. The molecule has 1 fully saturated rings. The second-order valence-corrected chi connectivity index (χ2v) is 5.63. The van der Waals surface area contributed by atoms with Crippen molar-refractivity contribution in [2.75, 3.05) is 0 Å². The number of nitrogens with one attached hydrogen (secondary N) is 1. The number of pyridine rings is 1. The molecule has 1 aliphatic carbocycles. The van der Waals surface area contributed by atoms with Crippen molar-refractivity contribution < 1.29 is 18.0 Å². The fraction of sp³-hybridized carbons (Fsp3) is 0.294. The Hall–Kier alpha value is -2.37. The average molecular weight is 320 g/mol. The molecule has 2 aromatic rings. The molecular weight excluding hydrogens is 305 g/mol. The second-order valence-electron chi connectivity index (χ2n) is 5.63. The normalized spacial score (nSPS) is 16.0. The van der Waals surface area contributed by atoms with Crippen LogP contribution in [0.3, 0.4) is 0 Å². The topological polar surface area (TPSA) is 42.0 Å². The molecule has 0 radical (unpaired) electrons. The Morgan fingerprint density at radius 2 is 1.83 bits per heavy atom. The van der Waals surface area contributed by atoms with E-state index in [1.54, 1.807) is 0 Å². The van der Waals surface area contributed by atoms with E-state index in [1.807, 2.05) is 30.3 Å². The second kappa shape index (κ2) is 6.02. The van der Waals surface area contributed by atoms with Crippen molar-refractivity contribution in [1.29, 1.82) is 0 Å². The van der Waals surface area contributed by atoms with Crippen molar-refractivity contribution in [2.24, 2.45) is 5.92 Å². The summed E-state index contributed by atoms with van der Waals surface area (Å²) in [4.78, 5) is 15.6. The molecule has 0 saturated heterocycles. The van der Waals surface area contributed by atoms with Gasteiger partial charge in [0.05, 0.1) is 11.6 Å². The van der Waals surface area contributed by atoms with Crippen LogP contribution < -0.4 is 5.32 Å². The molecule has 0 aliphatic heterocycles. The standard InChI is InChI=1S/C17H15F3N2O/c18-17(19,20)14-9-8-13(10-21-14)16(23)22-15(12-6-7-12)11-4-2-1-3-5-11/h1-5,8-10,12,15H,6-7H2,(H,22,23). The third-order valence-electron chi connectivity index (χ3n) is 3.85. The van der Waals surface area contributed by atoms with E-state index in [0.29, 0.717) is 5.92 Å². The number of rotatable bonds is 4. The molecule has 1 aromatic heterocycles. The number of alkyl halides is 3. The van der Waals surface area contributed by atoms with Crippen LogP contribution in [0.15, 0.2) is 48.7 Å². The third-order valence-corrected chi connectivity index (χ3v) is 3.85. The third kappa shape index (κ3) is 3.70. The molecule has 1 N–H and O–H groups in total. The van der Waals surface area contributed by atoms with Gasteiger partial charge in [-0.2, -0.15) is 13.2 Å². The van der Waals surface area contributed by atoms with Gasteiger partial charge in [-0.1, -0.05) is 30.3 Å². The van der Waals surface area contributed by atoms with Crippen LogP contribution in [0.5, 0.6) is 0 Å². The lowest BCUT2D eigenvalue weighted by atomic mass is 10.0. The minimum atomic E-state index is -4.50. The molecule has 1 amide bonds. The molecule has 3 rings (SSSR count). The van der Waals surface area contributed by atoms with Gasteiger partial charge in [0.2, 0.25) is 0 Å². The van der Waals surface area contributed by atoms with E-state index in [1.165, 1.54) is 0 Å². The van der Waals surface area contributed by atoms with Gasteiger partial charge in [-0.3, -0.25) is 9.78 Å². The lowest BCUT2D eigenvalue weighted by Crippen LogP contribution is -2.30. The molecule has 6 heteroatoms. The highest BCUT2D eigenvalue weighted by molar-refractivity contribution is 5.94. The van der Waals surface area contributed by atoms with Crippen molar-refractivity contribution in [3.05, 3.63) is 65.5 Å². The highest BCUT2D eigenvalue weighted by atomic mass is 19.4. The van der Waals surface area contributed by atoms with Crippen LogP contribution in [0.25, 0.3) is 0 Å². The lowest BCUT2D eigenvalue weighted by Gasteiger charge is -2.19. The highest BCUT2D eigenvalue weighted by Gasteiger charge is 2.34. The first-order valence-corrected chi connectivity index (χ1v) is 7.34. The number of halogens is 3. The monoisotopic (exact) mass is 320 g/mol. The molecule has 1 saturated carbocycles. The Morgan fingerprint density at radius 3 is 2.35 bits per heavy atom. The van der Waals surface area contributed by atoms with Gasteiger partial charge in [0, 0.05) is 6.20 Å². The smallest absolute Gasteiger partial charge is 0.345 e. The maximum atomic E-state index is 12.5. The summed E-state index contributed by atoms with van der Waals surface area (Å²) in [5, 5.41) is 2.91. The quantitative estimate of drug-likeness (QED) is 0.926.